The Hall–Kier alpha value is -0.950. The first-order valence-corrected chi connectivity index (χ1v) is 9.48. The van der Waals surface area contributed by atoms with Crippen molar-refractivity contribution in [1.82, 2.24) is 10.3 Å². The molecule has 2 rings (SSSR count). The van der Waals surface area contributed by atoms with E-state index in [9.17, 15) is 4.79 Å². The molecule has 7 heteroatoms. The molecule has 1 heterocycles. The number of rotatable bonds is 5. The third-order valence-electron chi connectivity index (χ3n) is 3.59. The minimum Gasteiger partial charge on any atom is -0.382 e. The topological polar surface area (TPSA) is 80.0 Å². The first-order valence-electron chi connectivity index (χ1n) is 7.37. The Balaban J connectivity index is 2.04. The number of carbonyl (C=O) groups is 1. The van der Waals surface area contributed by atoms with Crippen LogP contribution in [0.15, 0.2) is 0 Å². The van der Waals surface area contributed by atoms with Gasteiger partial charge in [-0.1, -0.05) is 24.2 Å². The Labute approximate surface area is 134 Å². The summed E-state index contributed by atoms with van der Waals surface area (Å²) in [6.07, 6.45) is 6.77. The molecular formula is C14H24N4OS2. The summed E-state index contributed by atoms with van der Waals surface area (Å²) >= 11 is 3.17. The maximum absolute atomic E-state index is 12.4. The van der Waals surface area contributed by atoms with Crippen molar-refractivity contribution in [1.29, 1.82) is 0 Å². The molecule has 0 saturated heterocycles. The number of carbonyl (C=O) groups excluding carboxylic acids is 1. The minimum atomic E-state index is -0.0900. The summed E-state index contributed by atoms with van der Waals surface area (Å²) in [6, 6.07) is 0.509. The standard InChI is InChI=1S/C14H24N4OS2/c1-8(2)16-14-18-12(15)11(21-14)13(19)17-9-6-4-5-7-10(9)20-3/h8-10H,4-7,15H2,1-3H3,(H,16,18)(H,17,19). The molecule has 1 aliphatic carbocycles. The van der Waals surface area contributed by atoms with E-state index in [1.807, 2.05) is 25.6 Å². The van der Waals surface area contributed by atoms with Crippen LogP contribution in [0, 0.1) is 0 Å². The maximum atomic E-state index is 12.4. The zero-order valence-corrected chi connectivity index (χ0v) is 14.4. The molecule has 0 aliphatic heterocycles. The second-order valence-corrected chi connectivity index (χ2v) is 7.75. The third kappa shape index (κ3) is 4.26. The highest BCUT2D eigenvalue weighted by Gasteiger charge is 2.27. The van der Waals surface area contributed by atoms with E-state index in [0.717, 1.165) is 6.42 Å². The molecule has 118 valence electrons. The van der Waals surface area contributed by atoms with E-state index >= 15 is 0 Å². The van der Waals surface area contributed by atoms with Crippen molar-refractivity contribution in [2.45, 2.75) is 56.9 Å². The smallest absolute Gasteiger partial charge is 0.265 e. The molecule has 0 aromatic carbocycles. The quantitative estimate of drug-likeness (QED) is 0.774. The molecule has 0 bridgehead atoms. The summed E-state index contributed by atoms with van der Waals surface area (Å²) in [4.78, 5) is 17.2. The van der Waals surface area contributed by atoms with Crippen LogP contribution in [-0.4, -0.2) is 34.5 Å². The van der Waals surface area contributed by atoms with Crippen molar-refractivity contribution < 1.29 is 4.79 Å². The number of hydrogen-bond acceptors (Lipinski definition) is 6. The van der Waals surface area contributed by atoms with Crippen molar-refractivity contribution in [2.24, 2.45) is 0 Å². The monoisotopic (exact) mass is 328 g/mol. The highest BCUT2D eigenvalue weighted by atomic mass is 32.2. The number of aromatic nitrogens is 1. The van der Waals surface area contributed by atoms with E-state index in [2.05, 4.69) is 21.9 Å². The first-order chi connectivity index (χ1) is 10.0. The van der Waals surface area contributed by atoms with Gasteiger partial charge in [0, 0.05) is 17.3 Å². The number of nitrogen functional groups attached to an aromatic ring is 1. The van der Waals surface area contributed by atoms with Crippen LogP contribution in [-0.2, 0) is 0 Å². The summed E-state index contributed by atoms with van der Waals surface area (Å²) < 4.78 is 0. The lowest BCUT2D eigenvalue weighted by atomic mass is 9.95. The van der Waals surface area contributed by atoms with E-state index in [1.165, 1.54) is 30.6 Å². The molecule has 1 saturated carbocycles. The summed E-state index contributed by atoms with van der Waals surface area (Å²) in [5.74, 6) is 0.227. The van der Waals surface area contributed by atoms with Gasteiger partial charge in [0.05, 0.1) is 0 Å². The molecule has 2 unspecified atom stereocenters. The zero-order chi connectivity index (χ0) is 15.4. The Morgan fingerprint density at radius 2 is 2.14 bits per heavy atom. The van der Waals surface area contributed by atoms with Gasteiger partial charge in [-0.3, -0.25) is 4.79 Å². The highest BCUT2D eigenvalue weighted by Crippen LogP contribution is 2.29. The van der Waals surface area contributed by atoms with Crippen LogP contribution in [0.4, 0.5) is 10.9 Å². The fourth-order valence-corrected chi connectivity index (χ4v) is 4.45. The Morgan fingerprint density at radius 3 is 2.81 bits per heavy atom. The molecule has 0 radical (unpaired) electrons. The Kier molecular flexibility index (Phi) is 5.75. The van der Waals surface area contributed by atoms with Crippen LogP contribution in [0.3, 0.4) is 0 Å². The van der Waals surface area contributed by atoms with E-state index in [0.29, 0.717) is 21.1 Å². The fraction of sp³-hybridized carbons (Fsp3) is 0.714. The molecule has 1 aromatic heterocycles. The van der Waals surface area contributed by atoms with Crippen molar-refractivity contribution in [3.8, 4) is 0 Å². The van der Waals surface area contributed by atoms with Crippen LogP contribution < -0.4 is 16.4 Å². The van der Waals surface area contributed by atoms with Gasteiger partial charge in [0.1, 0.15) is 10.7 Å². The van der Waals surface area contributed by atoms with Crippen molar-refractivity contribution in [2.75, 3.05) is 17.3 Å². The predicted molar refractivity (Wildman–Crippen MR) is 92.3 cm³/mol. The minimum absolute atomic E-state index is 0.0900. The summed E-state index contributed by atoms with van der Waals surface area (Å²) in [6.45, 7) is 4.06. The van der Waals surface area contributed by atoms with Crippen molar-refractivity contribution in [3.63, 3.8) is 0 Å². The molecule has 2 atom stereocenters. The van der Waals surface area contributed by atoms with Gasteiger partial charge in [-0.25, -0.2) is 4.98 Å². The number of anilines is 2. The molecule has 21 heavy (non-hydrogen) atoms. The van der Waals surface area contributed by atoms with Gasteiger partial charge in [-0.2, -0.15) is 11.8 Å². The number of thioether (sulfide) groups is 1. The van der Waals surface area contributed by atoms with Gasteiger partial charge < -0.3 is 16.4 Å². The highest BCUT2D eigenvalue weighted by molar-refractivity contribution is 7.99. The lowest BCUT2D eigenvalue weighted by Crippen LogP contribution is -2.43. The average Bonchev–Trinajstić information content (AvgIpc) is 2.79. The number of thiazole rings is 1. The normalized spacial score (nSPS) is 22.3. The lowest BCUT2D eigenvalue weighted by Gasteiger charge is -2.30. The average molecular weight is 329 g/mol. The third-order valence-corrected chi connectivity index (χ3v) is 5.76. The van der Waals surface area contributed by atoms with E-state index in [1.54, 1.807) is 0 Å². The second-order valence-electron chi connectivity index (χ2n) is 5.67. The molecule has 1 amide bonds. The van der Waals surface area contributed by atoms with Crippen LogP contribution in [0.25, 0.3) is 0 Å². The number of amides is 1. The molecular weight excluding hydrogens is 304 g/mol. The van der Waals surface area contributed by atoms with Crippen molar-refractivity contribution >= 4 is 40.0 Å². The summed E-state index contributed by atoms with van der Waals surface area (Å²) in [7, 11) is 0. The van der Waals surface area contributed by atoms with Gasteiger partial charge in [-0.15, -0.1) is 0 Å². The van der Waals surface area contributed by atoms with Crippen LogP contribution in [0.5, 0.6) is 0 Å². The Bertz CT molecular complexity index is 489. The molecule has 5 nitrogen and oxygen atoms in total. The fourth-order valence-electron chi connectivity index (χ4n) is 2.58. The number of hydrogen-bond donors (Lipinski definition) is 3. The number of nitrogens with zero attached hydrogens (tertiary/aromatic N) is 1. The van der Waals surface area contributed by atoms with Gasteiger partial charge in [0.25, 0.3) is 5.91 Å². The van der Waals surface area contributed by atoms with Gasteiger partial charge in [0.15, 0.2) is 5.13 Å². The molecule has 0 spiro atoms. The van der Waals surface area contributed by atoms with E-state index in [-0.39, 0.29) is 18.0 Å². The maximum Gasteiger partial charge on any atom is 0.265 e. The summed E-state index contributed by atoms with van der Waals surface area (Å²) in [5.41, 5.74) is 5.88. The SMILES string of the molecule is CSC1CCCCC1NC(=O)c1sc(NC(C)C)nc1N. The number of nitrogens with two attached hydrogens (primary N) is 1. The molecule has 1 aromatic rings. The van der Waals surface area contributed by atoms with Crippen LogP contribution >= 0.6 is 23.1 Å². The largest absolute Gasteiger partial charge is 0.382 e. The lowest BCUT2D eigenvalue weighted by molar-refractivity contribution is 0.0934. The molecule has 4 N–H and O–H groups in total. The van der Waals surface area contributed by atoms with E-state index < -0.39 is 0 Å². The first kappa shape index (κ1) is 16.4. The zero-order valence-electron chi connectivity index (χ0n) is 12.8. The molecule has 1 fully saturated rings. The van der Waals surface area contributed by atoms with Crippen LogP contribution in [0.2, 0.25) is 0 Å². The summed E-state index contributed by atoms with van der Waals surface area (Å²) in [5, 5.41) is 7.55. The van der Waals surface area contributed by atoms with Crippen molar-refractivity contribution in [3.05, 3.63) is 4.88 Å². The Morgan fingerprint density at radius 1 is 1.43 bits per heavy atom. The molecule has 1 aliphatic rings. The van der Waals surface area contributed by atoms with Gasteiger partial charge in [-0.05, 0) is 32.9 Å². The van der Waals surface area contributed by atoms with Gasteiger partial charge >= 0.3 is 0 Å². The van der Waals surface area contributed by atoms with Crippen LogP contribution in [0.1, 0.15) is 49.2 Å². The second kappa shape index (κ2) is 7.35. The van der Waals surface area contributed by atoms with Gasteiger partial charge in [0.2, 0.25) is 0 Å². The number of nitrogens with one attached hydrogen (secondary N) is 2. The van der Waals surface area contributed by atoms with E-state index in [4.69, 9.17) is 5.73 Å². The predicted octanol–water partition coefficient (Wildman–Crippen LogP) is 2.95.